The van der Waals surface area contributed by atoms with Crippen molar-refractivity contribution >= 4 is 0 Å². The molecular weight excluding hydrogens is 254 g/mol. The summed E-state index contributed by atoms with van der Waals surface area (Å²) in [5.74, 6) is 1.67. The van der Waals surface area contributed by atoms with Crippen LogP contribution in [0.15, 0.2) is 18.2 Å². The van der Waals surface area contributed by atoms with E-state index in [1.54, 1.807) is 0 Å². The van der Waals surface area contributed by atoms with Gasteiger partial charge in [-0.15, -0.1) is 0 Å². The summed E-state index contributed by atoms with van der Waals surface area (Å²) in [7, 11) is 0. The molecule has 1 aromatic carbocycles. The molecule has 2 aliphatic rings. The van der Waals surface area contributed by atoms with E-state index in [1.165, 1.54) is 0 Å². The molecule has 0 saturated carbocycles. The van der Waals surface area contributed by atoms with Crippen LogP contribution in [0.5, 0.6) is 11.5 Å². The molecule has 20 heavy (non-hydrogen) atoms. The summed E-state index contributed by atoms with van der Waals surface area (Å²) < 4.78 is 17.2. The molecule has 4 nitrogen and oxygen atoms in total. The first-order chi connectivity index (χ1) is 9.70. The van der Waals surface area contributed by atoms with Crippen LogP contribution in [0.3, 0.4) is 0 Å². The van der Waals surface area contributed by atoms with Crippen LogP contribution < -0.4 is 14.8 Å². The average Bonchev–Trinajstić information content (AvgIpc) is 2.69. The van der Waals surface area contributed by atoms with E-state index in [2.05, 4.69) is 31.3 Å². The molecule has 2 atom stereocenters. The lowest BCUT2D eigenvalue weighted by Crippen LogP contribution is -2.42. The van der Waals surface area contributed by atoms with Crippen molar-refractivity contribution in [2.75, 3.05) is 26.4 Å². The molecule has 1 saturated heterocycles. The predicted molar refractivity (Wildman–Crippen MR) is 77.4 cm³/mol. The second-order valence-electron chi connectivity index (χ2n) is 5.81. The van der Waals surface area contributed by atoms with Crippen molar-refractivity contribution in [2.24, 2.45) is 0 Å². The molecule has 2 aliphatic heterocycles. The number of hydrogen-bond acceptors (Lipinski definition) is 4. The molecule has 0 radical (unpaired) electrons. The Kier molecular flexibility index (Phi) is 3.85. The van der Waals surface area contributed by atoms with Gasteiger partial charge in [-0.05, 0) is 37.5 Å². The Balaban J connectivity index is 1.76. The first-order valence-electron chi connectivity index (χ1n) is 7.46. The Morgan fingerprint density at radius 1 is 1.20 bits per heavy atom. The molecule has 1 aromatic rings. The van der Waals surface area contributed by atoms with E-state index >= 15 is 0 Å². The van der Waals surface area contributed by atoms with Gasteiger partial charge in [0.05, 0.1) is 6.10 Å². The monoisotopic (exact) mass is 277 g/mol. The van der Waals surface area contributed by atoms with Crippen molar-refractivity contribution in [3.63, 3.8) is 0 Å². The Hall–Kier alpha value is -1.26. The molecule has 0 amide bonds. The van der Waals surface area contributed by atoms with Crippen molar-refractivity contribution < 1.29 is 14.2 Å². The molecule has 1 N–H and O–H groups in total. The Bertz CT molecular complexity index is 477. The van der Waals surface area contributed by atoms with Gasteiger partial charge in [-0.1, -0.05) is 13.0 Å². The van der Waals surface area contributed by atoms with Gasteiger partial charge in [0, 0.05) is 18.7 Å². The average molecular weight is 277 g/mol. The fraction of sp³-hybridized carbons (Fsp3) is 0.625. The quantitative estimate of drug-likeness (QED) is 0.902. The van der Waals surface area contributed by atoms with Gasteiger partial charge in [-0.2, -0.15) is 0 Å². The molecule has 0 bridgehead atoms. The summed E-state index contributed by atoms with van der Waals surface area (Å²) in [6.45, 7) is 7.36. The zero-order valence-electron chi connectivity index (χ0n) is 12.3. The van der Waals surface area contributed by atoms with Crippen LogP contribution in [0.25, 0.3) is 0 Å². The van der Waals surface area contributed by atoms with Crippen LogP contribution in [0, 0.1) is 0 Å². The fourth-order valence-electron chi connectivity index (χ4n) is 2.69. The Labute approximate surface area is 120 Å². The highest BCUT2D eigenvalue weighted by molar-refractivity contribution is 5.44. The summed E-state index contributed by atoms with van der Waals surface area (Å²) in [6.07, 6.45) is 2.24. The highest BCUT2D eigenvalue weighted by atomic mass is 16.6. The maximum absolute atomic E-state index is 6.02. The minimum atomic E-state index is 0.0826. The van der Waals surface area contributed by atoms with E-state index < -0.39 is 0 Å². The SMILES string of the molecule is CCC1(C)CCOC(c2ccc3c(c2)OCCO3)CN1. The maximum Gasteiger partial charge on any atom is 0.161 e. The molecule has 0 aromatic heterocycles. The number of hydrogen-bond donors (Lipinski definition) is 1. The maximum atomic E-state index is 6.02. The van der Waals surface area contributed by atoms with Gasteiger partial charge in [0.25, 0.3) is 0 Å². The fourth-order valence-corrected chi connectivity index (χ4v) is 2.69. The number of ether oxygens (including phenoxy) is 3. The van der Waals surface area contributed by atoms with Crippen molar-refractivity contribution in [2.45, 2.75) is 38.3 Å². The molecular formula is C16H23NO3. The third-order valence-corrected chi connectivity index (χ3v) is 4.41. The van der Waals surface area contributed by atoms with Gasteiger partial charge in [0.1, 0.15) is 13.2 Å². The van der Waals surface area contributed by atoms with Crippen LogP contribution in [0.1, 0.15) is 38.4 Å². The first kappa shape index (κ1) is 13.7. The zero-order chi connectivity index (χ0) is 14.0. The van der Waals surface area contributed by atoms with Crippen molar-refractivity contribution in [1.82, 2.24) is 5.32 Å². The summed E-state index contributed by atoms with van der Waals surface area (Å²) in [5.41, 5.74) is 1.34. The molecule has 0 spiro atoms. The van der Waals surface area contributed by atoms with Gasteiger partial charge in [0.2, 0.25) is 0 Å². The van der Waals surface area contributed by atoms with E-state index in [1.807, 2.05) is 6.07 Å². The van der Waals surface area contributed by atoms with Gasteiger partial charge in [0.15, 0.2) is 11.5 Å². The van der Waals surface area contributed by atoms with Gasteiger partial charge < -0.3 is 19.5 Å². The minimum Gasteiger partial charge on any atom is -0.486 e. The first-order valence-corrected chi connectivity index (χ1v) is 7.46. The predicted octanol–water partition coefficient (Wildman–Crippen LogP) is 2.68. The lowest BCUT2D eigenvalue weighted by Gasteiger charge is -2.27. The summed E-state index contributed by atoms with van der Waals surface area (Å²) in [6, 6.07) is 6.11. The molecule has 0 aliphatic carbocycles. The Morgan fingerprint density at radius 3 is 2.80 bits per heavy atom. The van der Waals surface area contributed by atoms with E-state index in [-0.39, 0.29) is 11.6 Å². The third kappa shape index (κ3) is 2.76. The standard InChI is InChI=1S/C16H23NO3/c1-3-16(2)6-7-18-15(11-17-16)12-4-5-13-14(10-12)20-9-8-19-13/h4-5,10,15,17H,3,6-9,11H2,1-2H3. The van der Waals surface area contributed by atoms with E-state index in [0.717, 1.165) is 43.1 Å². The minimum absolute atomic E-state index is 0.0826. The second kappa shape index (κ2) is 5.62. The molecule has 3 rings (SSSR count). The number of rotatable bonds is 2. The Morgan fingerprint density at radius 2 is 2.00 bits per heavy atom. The number of nitrogens with one attached hydrogen (secondary N) is 1. The van der Waals surface area contributed by atoms with Gasteiger partial charge in [-0.3, -0.25) is 0 Å². The van der Waals surface area contributed by atoms with E-state index in [9.17, 15) is 0 Å². The highest BCUT2D eigenvalue weighted by Gasteiger charge is 2.28. The van der Waals surface area contributed by atoms with Gasteiger partial charge in [-0.25, -0.2) is 0 Å². The third-order valence-electron chi connectivity index (χ3n) is 4.41. The lowest BCUT2D eigenvalue weighted by atomic mass is 9.95. The van der Waals surface area contributed by atoms with Crippen LogP contribution in [-0.4, -0.2) is 31.9 Å². The van der Waals surface area contributed by atoms with Crippen LogP contribution in [0.2, 0.25) is 0 Å². The lowest BCUT2D eigenvalue weighted by molar-refractivity contribution is 0.0648. The molecule has 2 heterocycles. The van der Waals surface area contributed by atoms with E-state index in [4.69, 9.17) is 14.2 Å². The molecule has 1 fully saturated rings. The topological polar surface area (TPSA) is 39.7 Å². The molecule has 2 unspecified atom stereocenters. The second-order valence-corrected chi connectivity index (χ2v) is 5.81. The van der Waals surface area contributed by atoms with Gasteiger partial charge >= 0.3 is 0 Å². The highest BCUT2D eigenvalue weighted by Crippen LogP contribution is 2.34. The van der Waals surface area contributed by atoms with Crippen molar-refractivity contribution in [3.05, 3.63) is 23.8 Å². The summed E-state index contributed by atoms with van der Waals surface area (Å²) in [4.78, 5) is 0. The zero-order valence-corrected chi connectivity index (χ0v) is 12.3. The smallest absolute Gasteiger partial charge is 0.161 e. The van der Waals surface area contributed by atoms with E-state index in [0.29, 0.717) is 13.2 Å². The largest absolute Gasteiger partial charge is 0.486 e. The summed E-state index contributed by atoms with van der Waals surface area (Å²) >= 11 is 0. The number of fused-ring (bicyclic) bond motifs is 1. The van der Waals surface area contributed by atoms with Crippen LogP contribution >= 0.6 is 0 Å². The normalized spacial score (nSPS) is 29.8. The van der Waals surface area contributed by atoms with Crippen LogP contribution in [-0.2, 0) is 4.74 Å². The van der Waals surface area contributed by atoms with Crippen molar-refractivity contribution in [3.8, 4) is 11.5 Å². The molecule has 4 heteroatoms. The summed E-state index contributed by atoms with van der Waals surface area (Å²) in [5, 5.41) is 3.64. The molecule has 110 valence electrons. The number of benzene rings is 1. The van der Waals surface area contributed by atoms with Crippen LogP contribution in [0.4, 0.5) is 0 Å². The van der Waals surface area contributed by atoms with Crippen molar-refractivity contribution in [1.29, 1.82) is 0 Å².